The van der Waals surface area contributed by atoms with E-state index in [1.807, 2.05) is 0 Å². The van der Waals surface area contributed by atoms with Gasteiger partial charge in [0.15, 0.2) is 0 Å². The molecule has 1 N–H and O–H groups in total. The fraction of sp³-hybridized carbons (Fsp3) is 0.421. The topological polar surface area (TPSA) is 40.5 Å². The summed E-state index contributed by atoms with van der Waals surface area (Å²) in [5.41, 5.74) is 1.37. The van der Waals surface area contributed by atoms with E-state index in [0.717, 1.165) is 26.1 Å². The van der Waals surface area contributed by atoms with Crippen LogP contribution in [0, 0.1) is 5.92 Å². The van der Waals surface area contributed by atoms with E-state index in [4.69, 9.17) is 5.11 Å². The van der Waals surface area contributed by atoms with E-state index >= 15 is 0 Å². The van der Waals surface area contributed by atoms with Crippen molar-refractivity contribution >= 4 is 16.7 Å². The minimum atomic E-state index is -0.675. The van der Waals surface area contributed by atoms with Crippen LogP contribution in [0.4, 0.5) is 0 Å². The van der Waals surface area contributed by atoms with Crippen molar-refractivity contribution in [2.75, 3.05) is 13.1 Å². The summed E-state index contributed by atoms with van der Waals surface area (Å²) in [7, 11) is 0. The summed E-state index contributed by atoms with van der Waals surface area (Å²) in [5, 5.41) is 11.5. The van der Waals surface area contributed by atoms with Gasteiger partial charge in [0, 0.05) is 19.5 Å². The highest BCUT2D eigenvalue weighted by Gasteiger charge is 2.20. The second-order valence-corrected chi connectivity index (χ2v) is 6.31. The molecule has 0 spiro atoms. The first-order valence-electron chi connectivity index (χ1n) is 8.13. The van der Waals surface area contributed by atoms with E-state index in [1.54, 1.807) is 0 Å². The van der Waals surface area contributed by atoms with Gasteiger partial charge in [-0.15, -0.1) is 0 Å². The van der Waals surface area contributed by atoms with E-state index in [2.05, 4.69) is 47.4 Å². The third kappa shape index (κ3) is 3.66. The molecule has 0 saturated carbocycles. The van der Waals surface area contributed by atoms with Crippen molar-refractivity contribution in [3.63, 3.8) is 0 Å². The van der Waals surface area contributed by atoms with E-state index in [-0.39, 0.29) is 0 Å². The van der Waals surface area contributed by atoms with Crippen LogP contribution in [0.15, 0.2) is 42.5 Å². The van der Waals surface area contributed by atoms with Gasteiger partial charge >= 0.3 is 5.97 Å². The average Bonchev–Trinajstić information content (AvgIpc) is 2.54. The monoisotopic (exact) mass is 297 g/mol. The summed E-state index contributed by atoms with van der Waals surface area (Å²) in [5.74, 6) is -0.147. The van der Waals surface area contributed by atoms with Crippen LogP contribution in [-0.4, -0.2) is 29.1 Å². The smallest absolute Gasteiger partial charge is 0.303 e. The maximum Gasteiger partial charge on any atom is 0.303 e. The first-order chi connectivity index (χ1) is 10.7. The quantitative estimate of drug-likeness (QED) is 0.909. The molecule has 0 radical (unpaired) electrons. The van der Waals surface area contributed by atoms with Gasteiger partial charge in [-0.25, -0.2) is 0 Å². The van der Waals surface area contributed by atoms with Crippen LogP contribution in [0.1, 0.15) is 31.2 Å². The maximum atomic E-state index is 10.7. The summed E-state index contributed by atoms with van der Waals surface area (Å²) in [6, 6.07) is 15.0. The largest absolute Gasteiger partial charge is 0.481 e. The van der Waals surface area contributed by atoms with Gasteiger partial charge in [0.05, 0.1) is 0 Å². The second kappa shape index (κ2) is 6.93. The number of carboxylic acid groups (broad SMARTS) is 1. The maximum absolute atomic E-state index is 10.7. The number of piperidine rings is 1. The molecular weight excluding hydrogens is 274 g/mol. The van der Waals surface area contributed by atoms with E-state index in [9.17, 15) is 4.79 Å². The summed E-state index contributed by atoms with van der Waals surface area (Å²) in [6.45, 7) is 3.11. The molecule has 1 aliphatic heterocycles. The number of aliphatic carboxylic acids is 1. The van der Waals surface area contributed by atoms with Crippen LogP contribution in [0.25, 0.3) is 10.8 Å². The van der Waals surface area contributed by atoms with Crippen LogP contribution in [0.3, 0.4) is 0 Å². The van der Waals surface area contributed by atoms with Gasteiger partial charge in [0.25, 0.3) is 0 Å². The molecule has 1 unspecified atom stereocenters. The zero-order valence-corrected chi connectivity index (χ0v) is 12.9. The fourth-order valence-electron chi connectivity index (χ4n) is 3.53. The predicted octanol–water partition coefficient (Wildman–Crippen LogP) is 3.92. The number of carbonyl (C=O) groups is 1. The molecule has 1 saturated heterocycles. The molecule has 22 heavy (non-hydrogen) atoms. The number of nitrogens with zero attached hydrogens (tertiary/aromatic N) is 1. The molecule has 3 rings (SSSR count). The van der Waals surface area contributed by atoms with Crippen molar-refractivity contribution in [1.82, 2.24) is 4.90 Å². The van der Waals surface area contributed by atoms with E-state index in [1.165, 1.54) is 29.2 Å². The molecule has 0 bridgehead atoms. The Labute approximate surface area is 131 Å². The zero-order valence-electron chi connectivity index (χ0n) is 12.9. The van der Waals surface area contributed by atoms with Crippen molar-refractivity contribution in [1.29, 1.82) is 0 Å². The van der Waals surface area contributed by atoms with Crippen LogP contribution >= 0.6 is 0 Å². The lowest BCUT2D eigenvalue weighted by atomic mass is 9.93. The second-order valence-electron chi connectivity index (χ2n) is 6.31. The molecule has 0 aromatic heterocycles. The molecule has 1 heterocycles. The Morgan fingerprint density at radius 1 is 1.18 bits per heavy atom. The Morgan fingerprint density at radius 2 is 2.00 bits per heavy atom. The predicted molar refractivity (Wildman–Crippen MR) is 88.8 cm³/mol. The Bertz CT molecular complexity index is 647. The highest BCUT2D eigenvalue weighted by atomic mass is 16.4. The third-order valence-corrected chi connectivity index (χ3v) is 4.64. The molecule has 2 aromatic rings. The normalized spacial score (nSPS) is 19.4. The number of carboxylic acids is 1. The number of fused-ring (bicyclic) bond motifs is 1. The summed E-state index contributed by atoms with van der Waals surface area (Å²) < 4.78 is 0. The first kappa shape index (κ1) is 15.0. The van der Waals surface area contributed by atoms with Crippen molar-refractivity contribution in [3.05, 3.63) is 48.0 Å². The number of benzene rings is 2. The van der Waals surface area contributed by atoms with Crippen molar-refractivity contribution in [2.45, 2.75) is 32.2 Å². The highest BCUT2D eigenvalue weighted by molar-refractivity contribution is 5.85. The van der Waals surface area contributed by atoms with Gasteiger partial charge in [-0.05, 0) is 48.1 Å². The molecule has 0 aliphatic carbocycles. The van der Waals surface area contributed by atoms with Gasteiger partial charge in [0.2, 0.25) is 0 Å². The minimum Gasteiger partial charge on any atom is -0.481 e. The SMILES string of the molecule is O=C(O)CCC1CCCN(Cc2cccc3ccccc23)C1. The van der Waals surface area contributed by atoms with Gasteiger partial charge in [-0.2, -0.15) is 0 Å². The molecule has 3 nitrogen and oxygen atoms in total. The highest BCUT2D eigenvalue weighted by Crippen LogP contribution is 2.25. The van der Waals surface area contributed by atoms with Crippen LogP contribution < -0.4 is 0 Å². The zero-order chi connectivity index (χ0) is 15.4. The van der Waals surface area contributed by atoms with Crippen molar-refractivity contribution in [3.8, 4) is 0 Å². The number of likely N-dealkylation sites (tertiary alicyclic amines) is 1. The number of hydrogen-bond donors (Lipinski definition) is 1. The minimum absolute atomic E-state index is 0.298. The number of hydrogen-bond acceptors (Lipinski definition) is 2. The van der Waals surface area contributed by atoms with Crippen LogP contribution in [0.5, 0.6) is 0 Å². The molecule has 0 amide bonds. The lowest BCUT2D eigenvalue weighted by Gasteiger charge is -2.32. The van der Waals surface area contributed by atoms with Gasteiger partial charge in [-0.1, -0.05) is 42.5 Å². The molecule has 2 aromatic carbocycles. The van der Waals surface area contributed by atoms with E-state index in [0.29, 0.717) is 12.3 Å². The molecule has 116 valence electrons. The number of rotatable bonds is 5. The molecule has 1 aliphatic rings. The molecule has 1 fully saturated rings. The Kier molecular flexibility index (Phi) is 4.74. The Hall–Kier alpha value is -1.87. The van der Waals surface area contributed by atoms with Crippen LogP contribution in [-0.2, 0) is 11.3 Å². The van der Waals surface area contributed by atoms with Crippen LogP contribution in [0.2, 0.25) is 0 Å². The lowest BCUT2D eigenvalue weighted by molar-refractivity contribution is -0.137. The van der Waals surface area contributed by atoms with Crippen molar-refractivity contribution < 1.29 is 9.90 Å². The molecule has 1 atom stereocenters. The molecule has 3 heteroatoms. The average molecular weight is 297 g/mol. The first-order valence-corrected chi connectivity index (χ1v) is 8.13. The third-order valence-electron chi connectivity index (χ3n) is 4.64. The summed E-state index contributed by atoms with van der Waals surface area (Å²) in [6.07, 6.45) is 3.45. The fourth-order valence-corrected chi connectivity index (χ4v) is 3.53. The van der Waals surface area contributed by atoms with Crippen molar-refractivity contribution in [2.24, 2.45) is 5.92 Å². The van der Waals surface area contributed by atoms with E-state index < -0.39 is 5.97 Å². The van der Waals surface area contributed by atoms with Gasteiger partial charge < -0.3 is 5.11 Å². The summed E-state index contributed by atoms with van der Waals surface area (Å²) in [4.78, 5) is 13.2. The Morgan fingerprint density at radius 3 is 2.86 bits per heavy atom. The summed E-state index contributed by atoms with van der Waals surface area (Å²) >= 11 is 0. The van der Waals surface area contributed by atoms with Gasteiger partial charge in [0.1, 0.15) is 0 Å². The lowest BCUT2D eigenvalue weighted by Crippen LogP contribution is -2.35. The standard InChI is InChI=1S/C19H23NO2/c21-19(22)11-10-15-5-4-12-20(13-15)14-17-8-3-7-16-6-1-2-9-18(16)17/h1-3,6-9,15H,4-5,10-14H2,(H,21,22). The van der Waals surface area contributed by atoms with Gasteiger partial charge in [-0.3, -0.25) is 9.69 Å². The molecular formula is C19H23NO2. The Balaban J connectivity index is 1.68.